The highest BCUT2D eigenvalue weighted by atomic mass is 35.5. The van der Waals surface area contributed by atoms with Crippen LogP contribution in [0.4, 0.5) is 0 Å². The third-order valence-corrected chi connectivity index (χ3v) is 4.78. The summed E-state index contributed by atoms with van der Waals surface area (Å²) < 4.78 is 7.79. The van der Waals surface area contributed by atoms with Crippen LogP contribution in [0, 0.1) is 5.41 Å². The van der Waals surface area contributed by atoms with E-state index in [1.54, 1.807) is 7.11 Å². The van der Waals surface area contributed by atoms with E-state index in [1.807, 2.05) is 12.1 Å². The number of hydrogen-bond acceptors (Lipinski definition) is 2. The zero-order chi connectivity index (χ0) is 15.0. The van der Waals surface area contributed by atoms with Crippen LogP contribution < -0.4 is 4.74 Å². The lowest BCUT2D eigenvalue weighted by atomic mass is 9.92. The van der Waals surface area contributed by atoms with Crippen molar-refractivity contribution in [3.05, 3.63) is 24.0 Å². The highest BCUT2D eigenvalue weighted by molar-refractivity contribution is 6.17. The zero-order valence-electron chi connectivity index (χ0n) is 13.0. The second kappa shape index (κ2) is 5.53. The third-order valence-electron chi connectivity index (χ3n) is 4.60. The number of methoxy groups -OCH3 is 1. The quantitative estimate of drug-likeness (QED) is 0.773. The Bertz CT molecular complexity index is 648. The Morgan fingerprint density at radius 2 is 2.24 bits per heavy atom. The molecule has 1 unspecified atom stereocenters. The van der Waals surface area contributed by atoms with E-state index in [1.165, 1.54) is 24.8 Å². The van der Waals surface area contributed by atoms with E-state index < -0.39 is 0 Å². The number of benzene rings is 1. The van der Waals surface area contributed by atoms with Gasteiger partial charge in [0.05, 0.1) is 18.1 Å². The minimum Gasteiger partial charge on any atom is -0.497 e. The molecule has 4 heteroatoms. The Morgan fingerprint density at radius 1 is 1.43 bits per heavy atom. The summed E-state index contributed by atoms with van der Waals surface area (Å²) in [6, 6.07) is 6.65. The topological polar surface area (TPSA) is 27.1 Å². The molecule has 3 rings (SSSR count). The number of rotatable bonds is 4. The second-order valence-corrected chi connectivity index (χ2v) is 7.13. The van der Waals surface area contributed by atoms with Crippen LogP contribution >= 0.6 is 11.6 Å². The summed E-state index contributed by atoms with van der Waals surface area (Å²) in [5, 5.41) is 0. The van der Waals surface area contributed by atoms with Crippen LogP contribution in [-0.4, -0.2) is 22.5 Å². The van der Waals surface area contributed by atoms with Gasteiger partial charge < -0.3 is 9.30 Å². The average Bonchev–Trinajstić information content (AvgIpc) is 2.97. The molecule has 1 fully saturated rings. The number of imidazole rings is 1. The van der Waals surface area contributed by atoms with Gasteiger partial charge in [0.2, 0.25) is 0 Å². The Labute approximate surface area is 131 Å². The number of nitrogens with zero attached hydrogens (tertiary/aromatic N) is 2. The van der Waals surface area contributed by atoms with E-state index in [-0.39, 0.29) is 0 Å². The SMILES string of the molecule is COc1ccc2nc(CCCl)n(C3CCC(C)(C)C3)c2c1. The first-order chi connectivity index (χ1) is 10.0. The highest BCUT2D eigenvalue weighted by Gasteiger charge is 2.33. The summed E-state index contributed by atoms with van der Waals surface area (Å²) in [7, 11) is 1.71. The molecule has 0 bridgehead atoms. The van der Waals surface area contributed by atoms with Crippen molar-refractivity contribution in [3.63, 3.8) is 0 Å². The molecule has 0 radical (unpaired) electrons. The summed E-state index contributed by atoms with van der Waals surface area (Å²) in [5.41, 5.74) is 2.64. The van der Waals surface area contributed by atoms with Crippen molar-refractivity contribution in [1.29, 1.82) is 0 Å². The number of aromatic nitrogens is 2. The number of hydrogen-bond donors (Lipinski definition) is 0. The number of ether oxygens (including phenoxy) is 1. The summed E-state index contributed by atoms with van der Waals surface area (Å²) in [6.07, 6.45) is 4.49. The molecule has 0 spiro atoms. The molecule has 0 amide bonds. The average molecular weight is 307 g/mol. The molecule has 0 aliphatic heterocycles. The van der Waals surface area contributed by atoms with Crippen molar-refractivity contribution >= 4 is 22.6 Å². The summed E-state index contributed by atoms with van der Waals surface area (Å²) >= 11 is 5.98. The first-order valence-electron chi connectivity index (χ1n) is 7.65. The molecular formula is C17H23ClN2O. The van der Waals surface area contributed by atoms with Gasteiger partial charge in [-0.1, -0.05) is 13.8 Å². The van der Waals surface area contributed by atoms with Crippen molar-refractivity contribution in [2.75, 3.05) is 13.0 Å². The highest BCUT2D eigenvalue weighted by Crippen LogP contribution is 2.45. The maximum Gasteiger partial charge on any atom is 0.121 e. The van der Waals surface area contributed by atoms with E-state index >= 15 is 0 Å². The molecule has 114 valence electrons. The zero-order valence-corrected chi connectivity index (χ0v) is 13.8. The summed E-state index contributed by atoms with van der Waals surface area (Å²) in [5.74, 6) is 2.60. The fourth-order valence-electron chi connectivity index (χ4n) is 3.54. The standard InChI is InChI=1S/C17H23ClN2O/c1-17(2)8-6-12(11-17)20-15-10-13(21-3)4-5-14(15)19-16(20)7-9-18/h4-5,10,12H,6-9,11H2,1-3H3. The molecule has 1 aliphatic carbocycles. The Balaban J connectivity index is 2.10. The van der Waals surface area contributed by atoms with E-state index in [0.29, 0.717) is 17.3 Å². The van der Waals surface area contributed by atoms with Crippen LogP contribution in [0.2, 0.25) is 0 Å². The normalized spacial score (nSPS) is 21.0. The largest absolute Gasteiger partial charge is 0.497 e. The predicted molar refractivity (Wildman–Crippen MR) is 87.4 cm³/mol. The van der Waals surface area contributed by atoms with Crippen LogP contribution in [0.15, 0.2) is 18.2 Å². The van der Waals surface area contributed by atoms with E-state index in [2.05, 4.69) is 24.5 Å². The molecule has 1 atom stereocenters. The van der Waals surface area contributed by atoms with E-state index in [0.717, 1.165) is 23.5 Å². The van der Waals surface area contributed by atoms with Crippen molar-refractivity contribution in [3.8, 4) is 5.75 Å². The van der Waals surface area contributed by atoms with Gasteiger partial charge in [-0.15, -0.1) is 11.6 Å². The van der Waals surface area contributed by atoms with Gasteiger partial charge in [0.25, 0.3) is 0 Å². The smallest absolute Gasteiger partial charge is 0.121 e. The minimum atomic E-state index is 0.415. The maximum absolute atomic E-state index is 5.98. The molecule has 2 aromatic rings. The van der Waals surface area contributed by atoms with Crippen molar-refractivity contribution in [2.45, 2.75) is 45.6 Å². The summed E-state index contributed by atoms with van der Waals surface area (Å²) in [6.45, 7) is 4.71. The molecule has 1 saturated carbocycles. The molecule has 1 heterocycles. The number of halogens is 1. The molecule has 1 aliphatic rings. The van der Waals surface area contributed by atoms with Crippen LogP contribution in [0.5, 0.6) is 5.75 Å². The lowest BCUT2D eigenvalue weighted by molar-refractivity contribution is 0.358. The van der Waals surface area contributed by atoms with Gasteiger partial charge in [-0.25, -0.2) is 4.98 Å². The molecule has 1 aromatic heterocycles. The first kappa shape index (κ1) is 14.7. The van der Waals surface area contributed by atoms with Gasteiger partial charge >= 0.3 is 0 Å². The third kappa shape index (κ3) is 2.76. The van der Waals surface area contributed by atoms with Crippen molar-refractivity contribution in [2.24, 2.45) is 5.41 Å². The van der Waals surface area contributed by atoms with Crippen LogP contribution in [0.25, 0.3) is 11.0 Å². The number of aryl methyl sites for hydroxylation is 1. The predicted octanol–water partition coefficient (Wildman–Crippen LogP) is 4.58. The molecule has 0 N–H and O–H groups in total. The van der Waals surface area contributed by atoms with Gasteiger partial charge in [-0.3, -0.25) is 0 Å². The van der Waals surface area contributed by atoms with Crippen LogP contribution in [-0.2, 0) is 6.42 Å². The van der Waals surface area contributed by atoms with Gasteiger partial charge in [0.1, 0.15) is 11.6 Å². The van der Waals surface area contributed by atoms with Crippen LogP contribution in [0.1, 0.15) is 45.0 Å². The molecule has 3 nitrogen and oxygen atoms in total. The first-order valence-corrected chi connectivity index (χ1v) is 8.18. The van der Waals surface area contributed by atoms with Gasteiger partial charge in [0, 0.05) is 24.4 Å². The van der Waals surface area contributed by atoms with Gasteiger partial charge in [-0.05, 0) is 36.8 Å². The number of fused-ring (bicyclic) bond motifs is 1. The molecular weight excluding hydrogens is 284 g/mol. The van der Waals surface area contributed by atoms with Gasteiger partial charge in [0.15, 0.2) is 0 Å². The molecule has 1 aromatic carbocycles. The fourth-order valence-corrected chi connectivity index (χ4v) is 3.71. The second-order valence-electron chi connectivity index (χ2n) is 6.75. The van der Waals surface area contributed by atoms with Gasteiger partial charge in [-0.2, -0.15) is 0 Å². The Kier molecular flexibility index (Phi) is 3.87. The lowest BCUT2D eigenvalue weighted by Gasteiger charge is -2.20. The fraction of sp³-hybridized carbons (Fsp3) is 0.588. The van der Waals surface area contributed by atoms with Crippen molar-refractivity contribution in [1.82, 2.24) is 9.55 Å². The summed E-state index contributed by atoms with van der Waals surface area (Å²) in [4.78, 5) is 4.79. The van der Waals surface area contributed by atoms with E-state index in [9.17, 15) is 0 Å². The molecule has 21 heavy (non-hydrogen) atoms. The van der Waals surface area contributed by atoms with E-state index in [4.69, 9.17) is 21.3 Å². The van der Waals surface area contributed by atoms with Crippen molar-refractivity contribution < 1.29 is 4.74 Å². The monoisotopic (exact) mass is 306 g/mol. The van der Waals surface area contributed by atoms with Crippen LogP contribution in [0.3, 0.4) is 0 Å². The maximum atomic E-state index is 5.98. The Morgan fingerprint density at radius 3 is 2.86 bits per heavy atom. The number of alkyl halides is 1. The Hall–Kier alpha value is -1.22. The lowest BCUT2D eigenvalue weighted by Crippen LogP contribution is -2.12. The minimum absolute atomic E-state index is 0.415. The molecule has 0 saturated heterocycles.